The van der Waals surface area contributed by atoms with Gasteiger partial charge in [0.15, 0.2) is 0 Å². The van der Waals surface area contributed by atoms with Crippen molar-refractivity contribution in [3.05, 3.63) is 215 Å². The van der Waals surface area contributed by atoms with Gasteiger partial charge in [-0.05, 0) is 0 Å². The van der Waals surface area contributed by atoms with E-state index in [1.165, 1.54) is 47.8 Å². The average Bonchev–Trinajstić information content (AvgIpc) is 4.33. The summed E-state index contributed by atoms with van der Waals surface area (Å²) in [6.07, 6.45) is 0. The number of hydrogen-bond donors (Lipinski definition) is 2. The Balaban J connectivity index is 1.07. The van der Waals surface area contributed by atoms with E-state index in [1.807, 2.05) is 109 Å². The van der Waals surface area contributed by atoms with Crippen LogP contribution in [0.5, 0.6) is 0 Å². The standard InChI is InChI=1S/C56H32N8O6S6.ClH.In/c65-75(66,67)35-23-19-33(20-24-35)73-43-29-27-41(71-31-11-3-1-4-12-31)45-47(43)55-61-51-39-17-9-10-18-40(39)52(58-51)62-56-48-44(74-34-21-25-36(26-22-34)76(68,69)70)30-28-42(72-32-13-5-2-6-14-32)46(48)54(64-56)60-50-38-16-8-7-15-37(38)49(57-50)59-53(45)63-55;;/h1-30H,(H2-2,57,58,59,60,61,62,63,64,65,66,67,68,69,70);1H;/q-2;;+3/p-1. The van der Waals surface area contributed by atoms with Crippen molar-refractivity contribution in [1.82, 2.24) is 5.11 Å². The van der Waals surface area contributed by atoms with Crippen LogP contribution in [0.4, 0.5) is 11.6 Å². The van der Waals surface area contributed by atoms with Crippen LogP contribution in [0.1, 0.15) is 22.3 Å². The van der Waals surface area contributed by atoms with Crippen LogP contribution in [0.2, 0.25) is 0 Å². The molecule has 0 fully saturated rings. The first-order valence-corrected chi connectivity index (χ1v) is 37.1. The van der Waals surface area contributed by atoms with Crippen LogP contribution in [0, 0.1) is 0 Å². The van der Waals surface area contributed by atoms with Crippen LogP contribution in [0.3, 0.4) is 0 Å². The van der Waals surface area contributed by atoms with E-state index in [-0.39, 0.29) is 9.79 Å². The van der Waals surface area contributed by atoms with Crippen molar-refractivity contribution in [2.24, 2.45) is 30.0 Å². The van der Waals surface area contributed by atoms with Gasteiger partial charge in [0.2, 0.25) is 0 Å². The minimum absolute atomic E-state index is 0.214. The molecule has 378 valence electrons. The molecule has 4 aliphatic heterocycles. The number of nitrogens with zero attached hydrogens (tertiary/aromatic N) is 8. The predicted molar refractivity (Wildman–Crippen MR) is 309 cm³/mol. The van der Waals surface area contributed by atoms with Gasteiger partial charge in [0.25, 0.3) is 0 Å². The van der Waals surface area contributed by atoms with Gasteiger partial charge < -0.3 is 0 Å². The van der Waals surface area contributed by atoms with E-state index in [2.05, 4.69) is 29.4 Å². The summed E-state index contributed by atoms with van der Waals surface area (Å²) in [6.45, 7) is 0. The molecule has 0 saturated heterocycles. The summed E-state index contributed by atoms with van der Waals surface area (Å²) < 4.78 is 72.1. The third kappa shape index (κ3) is 8.71. The Kier molecular flexibility index (Phi) is 12.4. The van der Waals surface area contributed by atoms with Gasteiger partial charge in [0.1, 0.15) is 0 Å². The Labute approximate surface area is 474 Å². The van der Waals surface area contributed by atoms with Gasteiger partial charge in [-0.15, -0.1) is 0 Å². The van der Waals surface area contributed by atoms with Gasteiger partial charge in [0.05, 0.1) is 0 Å². The summed E-state index contributed by atoms with van der Waals surface area (Å²) in [5, 5.41) is 3.15. The Morgan fingerprint density at radius 3 is 1.01 bits per heavy atom. The van der Waals surface area contributed by atoms with Gasteiger partial charge in [0, 0.05) is 0 Å². The van der Waals surface area contributed by atoms with Crippen LogP contribution in [0.25, 0.3) is 21.5 Å². The zero-order valence-electron chi connectivity index (χ0n) is 39.8. The molecule has 0 radical (unpaired) electrons. The number of aromatic nitrogens is 2. The number of rotatable bonds is 10. The van der Waals surface area contributed by atoms with Crippen molar-refractivity contribution >= 4 is 153 Å². The third-order valence-electron chi connectivity index (χ3n) is 13.2. The molecule has 0 amide bonds. The summed E-state index contributed by atoms with van der Waals surface area (Å²) in [5.41, 5.74) is 4.08. The van der Waals surface area contributed by atoms with Crippen LogP contribution in [-0.4, -0.2) is 75.2 Å². The molecule has 0 unspecified atom stereocenters. The van der Waals surface area contributed by atoms with E-state index in [1.54, 1.807) is 47.8 Å². The van der Waals surface area contributed by atoms with Crippen molar-refractivity contribution in [3.63, 3.8) is 0 Å². The van der Waals surface area contributed by atoms with E-state index < -0.39 is 41.1 Å². The molecule has 0 saturated carbocycles. The number of amidine groups is 4. The molecule has 78 heavy (non-hydrogen) atoms. The Morgan fingerprint density at radius 2 is 0.667 bits per heavy atom. The van der Waals surface area contributed by atoms with Crippen LogP contribution < -0.4 is 11.0 Å². The molecular formula is C56H32ClInN8O6S6. The molecule has 0 atom stereocenters. The van der Waals surface area contributed by atoms with Gasteiger partial charge in [-0.1, -0.05) is 0 Å². The zero-order chi connectivity index (χ0) is 53.0. The first-order chi connectivity index (χ1) is 37.8. The summed E-state index contributed by atoms with van der Waals surface area (Å²) in [5.74, 6) is 2.72. The molecule has 6 bridgehead atoms. The quantitative estimate of drug-likeness (QED) is 0.124. The summed E-state index contributed by atoms with van der Waals surface area (Å²) in [7, 11) is -0.523. The number of hydrogen-bond acceptors (Lipinski definition) is 14. The van der Waals surface area contributed by atoms with Crippen LogP contribution in [-0.2, 0) is 20.2 Å². The number of halogens is 1. The second-order valence-electron chi connectivity index (χ2n) is 18.0. The van der Waals surface area contributed by atoms with Crippen LogP contribution >= 0.6 is 55.6 Å². The molecule has 2 aromatic heterocycles. The van der Waals surface area contributed by atoms with E-state index in [9.17, 15) is 25.9 Å². The fourth-order valence-electron chi connectivity index (χ4n) is 9.79. The molecule has 0 spiro atoms. The summed E-state index contributed by atoms with van der Waals surface area (Å²) >= 11 is 1.73. The van der Waals surface area contributed by atoms with E-state index in [0.717, 1.165) is 73.2 Å². The molecule has 14 nitrogen and oxygen atoms in total. The summed E-state index contributed by atoms with van der Waals surface area (Å²) in [4.78, 5) is 39.5. The molecule has 0 aliphatic carbocycles. The average molecular weight is 1260 g/mol. The van der Waals surface area contributed by atoms with E-state index in [0.29, 0.717) is 55.7 Å². The van der Waals surface area contributed by atoms with E-state index in [4.69, 9.17) is 38.5 Å². The first kappa shape index (κ1) is 49.8. The second-order valence-corrected chi connectivity index (χ2v) is 32.6. The topological polar surface area (TPSA) is 193 Å². The van der Waals surface area contributed by atoms with Gasteiger partial charge in [-0.2, -0.15) is 16.8 Å². The first-order valence-electron chi connectivity index (χ1n) is 23.8. The number of aliphatic imine (C=N–C) groups is 4. The van der Waals surface area contributed by atoms with Crippen molar-refractivity contribution in [3.8, 4) is 0 Å². The maximum atomic E-state index is 12.1. The molecular weight excluding hydrogens is 1220 g/mol. The Hall–Kier alpha value is -6.50. The molecule has 4 aliphatic rings. The zero-order valence-corrected chi connectivity index (χ0v) is 48.8. The van der Waals surface area contributed by atoms with Crippen molar-refractivity contribution in [1.29, 1.82) is 0 Å². The molecule has 8 aromatic carbocycles. The Bertz CT molecular complexity index is 4460. The monoisotopic (exact) mass is 1250 g/mol. The molecule has 22 heteroatoms. The fraction of sp³-hybridized carbons (Fsp3) is 0. The SMILES string of the molecule is O=S(=O)(O)c1ccc(Sc2ccc(Sc3ccccc3)c3c2C2=Nc4c5ccccc5c5[n]4[In]([Cl])[n]4c(c6ccccc6c4=NC4=NC(=N5)c5c(Sc6ccc(S(=O)(=O)O)cc6)ccc(Sc6ccccc6)c54)=NC3=N2)cc1. The van der Waals surface area contributed by atoms with Gasteiger partial charge >= 0.3 is 452 Å². The van der Waals surface area contributed by atoms with Crippen molar-refractivity contribution < 1.29 is 25.9 Å². The van der Waals surface area contributed by atoms with E-state index >= 15 is 0 Å². The third-order valence-corrected chi connectivity index (χ3v) is 27.1. The molecule has 14 rings (SSSR count). The Morgan fingerprint density at radius 1 is 0.359 bits per heavy atom. The predicted octanol–water partition coefficient (Wildman–Crippen LogP) is 12.3. The fourth-order valence-corrected chi connectivity index (χ4v) is 22.3. The van der Waals surface area contributed by atoms with Crippen LogP contribution in [0.15, 0.2) is 261 Å². The second kappa shape index (κ2) is 19.4. The normalized spacial score (nSPS) is 14.2. The maximum absolute atomic E-state index is 12.1. The van der Waals surface area contributed by atoms with Crippen molar-refractivity contribution in [2.45, 2.75) is 49.0 Å². The van der Waals surface area contributed by atoms with Crippen molar-refractivity contribution in [2.75, 3.05) is 0 Å². The number of benzene rings is 8. The van der Waals surface area contributed by atoms with Gasteiger partial charge in [-0.25, -0.2) is 0 Å². The summed E-state index contributed by atoms with van der Waals surface area (Å²) in [6, 6.07) is 56.3. The molecule has 6 heterocycles. The minimum atomic E-state index is -4.43. The number of fused-ring (bicyclic) bond motifs is 14. The van der Waals surface area contributed by atoms with Gasteiger partial charge in [-0.3, -0.25) is 9.11 Å². The molecule has 10 aromatic rings. The molecule has 2 N–H and O–H groups in total.